The lowest BCUT2D eigenvalue weighted by Crippen LogP contribution is -2.40. The Morgan fingerprint density at radius 3 is 2.48 bits per heavy atom. The Bertz CT molecular complexity index is 690. The lowest BCUT2D eigenvalue weighted by Gasteiger charge is -2.24. The van der Waals surface area contributed by atoms with Crippen LogP contribution in [-0.2, 0) is 21.3 Å². The summed E-state index contributed by atoms with van der Waals surface area (Å²) in [5.41, 5.74) is 1.42. The van der Waals surface area contributed by atoms with Crippen LogP contribution in [0.1, 0.15) is 19.4 Å². The predicted octanol–water partition coefficient (Wildman–Crippen LogP) is 3.52. The maximum atomic E-state index is 13.2. The summed E-state index contributed by atoms with van der Waals surface area (Å²) >= 11 is 0. The summed E-state index contributed by atoms with van der Waals surface area (Å²) in [6, 6.07) is 15.3. The molecule has 0 aliphatic heterocycles. The zero-order valence-electron chi connectivity index (χ0n) is 13.2. The monoisotopic (exact) mass is 333 g/mol. The molecule has 0 radical (unpaired) electrons. The van der Waals surface area contributed by atoms with E-state index >= 15 is 0 Å². The van der Waals surface area contributed by atoms with Gasteiger partial charge in [-0.1, -0.05) is 30.3 Å². The van der Waals surface area contributed by atoms with Crippen LogP contribution in [0.25, 0.3) is 0 Å². The summed E-state index contributed by atoms with van der Waals surface area (Å²) in [5, 5.41) is -0.654. The minimum Gasteiger partial charge on any atom is -0.312 e. The van der Waals surface area contributed by atoms with Crippen molar-refractivity contribution in [2.75, 3.05) is 11.4 Å². The highest BCUT2D eigenvalue weighted by atomic mass is 32.2. The molecule has 0 spiro atoms. The Kier molecular flexibility index (Phi) is 6.04. The van der Waals surface area contributed by atoms with Crippen LogP contribution >= 0.6 is 0 Å². The standard InChI is InChI=1S/C18H20FNO2S/c1-3-20(17-10-5-4-6-11-17)18(21)14(2)23(22)13-15-8-7-9-16(19)12-15/h4-12,14H,3,13H2,1-2H3. The fourth-order valence-electron chi connectivity index (χ4n) is 2.32. The van der Waals surface area contributed by atoms with Gasteiger partial charge in [-0.25, -0.2) is 4.39 Å². The van der Waals surface area contributed by atoms with E-state index in [2.05, 4.69) is 0 Å². The van der Waals surface area contributed by atoms with Crippen molar-refractivity contribution in [1.29, 1.82) is 0 Å². The van der Waals surface area contributed by atoms with Crippen molar-refractivity contribution in [2.45, 2.75) is 24.9 Å². The van der Waals surface area contributed by atoms with E-state index in [1.807, 2.05) is 37.3 Å². The molecule has 2 aromatic rings. The number of benzene rings is 2. The van der Waals surface area contributed by atoms with Crippen LogP contribution in [0.5, 0.6) is 0 Å². The van der Waals surface area contributed by atoms with Crippen molar-refractivity contribution in [3.8, 4) is 0 Å². The highest BCUT2D eigenvalue weighted by Crippen LogP contribution is 2.17. The molecule has 0 saturated heterocycles. The van der Waals surface area contributed by atoms with E-state index in [9.17, 15) is 13.4 Å². The van der Waals surface area contributed by atoms with Crippen molar-refractivity contribution in [1.82, 2.24) is 0 Å². The van der Waals surface area contributed by atoms with E-state index in [-0.39, 0.29) is 17.5 Å². The maximum absolute atomic E-state index is 13.2. The Labute approximate surface area is 138 Å². The first-order valence-corrected chi connectivity index (χ1v) is 8.89. The van der Waals surface area contributed by atoms with Crippen molar-refractivity contribution in [2.24, 2.45) is 0 Å². The SMILES string of the molecule is CCN(C(=O)C(C)S(=O)Cc1cccc(F)c1)c1ccccc1. The zero-order chi connectivity index (χ0) is 16.8. The van der Waals surface area contributed by atoms with Crippen LogP contribution in [-0.4, -0.2) is 21.9 Å². The normalized spacial score (nSPS) is 13.3. The Morgan fingerprint density at radius 2 is 1.87 bits per heavy atom. The van der Waals surface area contributed by atoms with Crippen molar-refractivity contribution in [3.05, 3.63) is 66.0 Å². The number of hydrogen-bond acceptors (Lipinski definition) is 2. The molecule has 122 valence electrons. The van der Waals surface area contributed by atoms with Crippen LogP contribution < -0.4 is 4.90 Å². The number of nitrogens with zero attached hydrogens (tertiary/aromatic N) is 1. The summed E-state index contributed by atoms with van der Waals surface area (Å²) in [4.78, 5) is 14.3. The Morgan fingerprint density at radius 1 is 1.17 bits per heavy atom. The third-order valence-electron chi connectivity index (χ3n) is 3.59. The first kappa shape index (κ1) is 17.3. The molecule has 0 saturated carbocycles. The lowest BCUT2D eigenvalue weighted by atomic mass is 10.2. The quantitative estimate of drug-likeness (QED) is 0.811. The van der Waals surface area contributed by atoms with E-state index in [1.54, 1.807) is 24.0 Å². The molecule has 0 fully saturated rings. The number of amides is 1. The number of hydrogen-bond donors (Lipinski definition) is 0. The van der Waals surface area contributed by atoms with Crippen LogP contribution in [0.4, 0.5) is 10.1 Å². The van der Waals surface area contributed by atoms with Gasteiger partial charge in [0.15, 0.2) is 0 Å². The molecule has 2 unspecified atom stereocenters. The minimum atomic E-state index is -1.41. The molecule has 2 rings (SSSR count). The van der Waals surface area contributed by atoms with E-state index in [1.165, 1.54) is 12.1 Å². The van der Waals surface area contributed by atoms with Gasteiger partial charge in [0, 0.05) is 28.8 Å². The van der Waals surface area contributed by atoms with Gasteiger partial charge in [0.2, 0.25) is 5.91 Å². The van der Waals surface area contributed by atoms with Gasteiger partial charge >= 0.3 is 0 Å². The molecule has 0 aliphatic carbocycles. The number of para-hydroxylation sites is 1. The third kappa shape index (κ3) is 4.48. The number of anilines is 1. The number of carbonyl (C=O) groups is 1. The summed E-state index contributed by atoms with van der Waals surface area (Å²) in [6.45, 7) is 4.04. The number of halogens is 1. The molecule has 0 aromatic heterocycles. The topological polar surface area (TPSA) is 37.4 Å². The Hall–Kier alpha value is -2.01. The molecule has 2 aromatic carbocycles. The average molecular weight is 333 g/mol. The molecule has 0 aliphatic rings. The molecular formula is C18H20FNO2S. The summed E-state index contributed by atoms with van der Waals surface area (Å²) in [7, 11) is -1.41. The first-order chi connectivity index (χ1) is 11.0. The minimum absolute atomic E-state index is 0.164. The van der Waals surface area contributed by atoms with Gasteiger partial charge in [-0.2, -0.15) is 0 Å². The van der Waals surface area contributed by atoms with E-state index in [0.717, 1.165) is 5.69 Å². The van der Waals surface area contributed by atoms with Gasteiger partial charge in [-0.15, -0.1) is 0 Å². The smallest absolute Gasteiger partial charge is 0.242 e. The molecular weight excluding hydrogens is 313 g/mol. The Balaban J connectivity index is 2.10. The molecule has 0 heterocycles. The molecule has 2 atom stereocenters. The van der Waals surface area contributed by atoms with E-state index in [4.69, 9.17) is 0 Å². The first-order valence-electron chi connectivity index (χ1n) is 7.51. The number of carbonyl (C=O) groups excluding carboxylic acids is 1. The largest absolute Gasteiger partial charge is 0.312 e. The van der Waals surface area contributed by atoms with E-state index < -0.39 is 16.0 Å². The highest BCUT2D eigenvalue weighted by Gasteiger charge is 2.25. The summed E-state index contributed by atoms with van der Waals surface area (Å²) < 4.78 is 25.7. The molecule has 0 bridgehead atoms. The van der Waals surface area contributed by atoms with Gasteiger partial charge in [-0.3, -0.25) is 9.00 Å². The fourth-order valence-corrected chi connectivity index (χ4v) is 3.43. The van der Waals surface area contributed by atoms with Crippen LogP contribution in [0.2, 0.25) is 0 Å². The van der Waals surface area contributed by atoms with Crippen molar-refractivity contribution in [3.63, 3.8) is 0 Å². The van der Waals surface area contributed by atoms with Crippen molar-refractivity contribution < 1.29 is 13.4 Å². The highest BCUT2D eigenvalue weighted by molar-refractivity contribution is 7.85. The lowest BCUT2D eigenvalue weighted by molar-refractivity contribution is -0.117. The van der Waals surface area contributed by atoms with Gasteiger partial charge in [0.1, 0.15) is 11.1 Å². The van der Waals surface area contributed by atoms with Crippen LogP contribution in [0, 0.1) is 5.82 Å². The van der Waals surface area contributed by atoms with Gasteiger partial charge < -0.3 is 4.90 Å². The maximum Gasteiger partial charge on any atom is 0.242 e. The fraction of sp³-hybridized carbons (Fsp3) is 0.278. The zero-order valence-corrected chi connectivity index (χ0v) is 14.1. The van der Waals surface area contributed by atoms with Gasteiger partial charge in [-0.05, 0) is 43.7 Å². The van der Waals surface area contributed by atoms with Crippen LogP contribution in [0.15, 0.2) is 54.6 Å². The number of rotatable bonds is 6. The molecule has 0 N–H and O–H groups in total. The summed E-state index contributed by atoms with van der Waals surface area (Å²) in [6.07, 6.45) is 0. The van der Waals surface area contributed by atoms with Gasteiger partial charge in [0.25, 0.3) is 0 Å². The molecule has 1 amide bonds. The van der Waals surface area contributed by atoms with Gasteiger partial charge in [0.05, 0.1) is 0 Å². The second-order valence-corrected chi connectivity index (χ2v) is 6.97. The second kappa shape index (κ2) is 8.02. The van der Waals surface area contributed by atoms with Crippen molar-refractivity contribution >= 4 is 22.4 Å². The van der Waals surface area contributed by atoms with Crippen LogP contribution in [0.3, 0.4) is 0 Å². The summed E-state index contributed by atoms with van der Waals surface area (Å²) in [5.74, 6) is -0.386. The molecule has 5 heteroatoms. The predicted molar refractivity (Wildman–Crippen MR) is 92.2 cm³/mol. The molecule has 23 heavy (non-hydrogen) atoms. The second-order valence-electron chi connectivity index (χ2n) is 5.22. The molecule has 3 nitrogen and oxygen atoms in total. The average Bonchev–Trinajstić information content (AvgIpc) is 2.55. The third-order valence-corrected chi connectivity index (χ3v) is 5.20. The van der Waals surface area contributed by atoms with E-state index in [0.29, 0.717) is 12.1 Å².